The summed E-state index contributed by atoms with van der Waals surface area (Å²) in [6, 6.07) is 10.3. The number of ether oxygens (including phenoxy) is 2. The van der Waals surface area contributed by atoms with E-state index >= 15 is 0 Å². The van der Waals surface area contributed by atoms with E-state index in [-0.39, 0.29) is 6.03 Å². The van der Waals surface area contributed by atoms with Crippen LogP contribution in [0, 0.1) is 6.92 Å². The van der Waals surface area contributed by atoms with E-state index in [1.54, 1.807) is 12.1 Å². The molecular weight excluding hydrogens is 304 g/mol. The third kappa shape index (κ3) is 3.83. The fraction of sp³-hybridized carbons (Fsp3) is 0.188. The smallest absolute Gasteiger partial charge is 0.323 e. The highest BCUT2D eigenvalue weighted by Crippen LogP contribution is 2.35. The molecule has 0 spiro atoms. The number of urea groups is 1. The second-order valence-electron chi connectivity index (χ2n) is 4.64. The van der Waals surface area contributed by atoms with E-state index in [4.69, 9.17) is 21.1 Å². The lowest BCUT2D eigenvalue weighted by molar-refractivity contribution is 0.262. The molecule has 0 fully saturated rings. The molecule has 0 atom stereocenters. The molecule has 2 amide bonds. The van der Waals surface area contributed by atoms with Gasteiger partial charge in [-0.15, -0.1) is 0 Å². The summed E-state index contributed by atoms with van der Waals surface area (Å²) in [5.74, 6) is 0.901. The number of benzene rings is 2. The zero-order valence-electron chi connectivity index (χ0n) is 12.6. The first-order valence-corrected chi connectivity index (χ1v) is 6.97. The standard InChI is InChI=1S/C16H17ClN2O3/c1-10-5-4-6-11(7-10)18-16(20)19-13-9-14(21-2)12(17)8-15(13)22-3/h4-9H,1-3H3,(H2,18,19,20). The SMILES string of the molecule is COc1cc(NC(=O)Nc2cccc(C)c2)c(OC)cc1Cl. The molecule has 116 valence electrons. The number of amides is 2. The molecule has 0 saturated heterocycles. The molecule has 0 radical (unpaired) electrons. The predicted octanol–water partition coefficient (Wildman–Crippen LogP) is 4.31. The number of carbonyl (C=O) groups is 1. The molecule has 2 rings (SSSR count). The lowest BCUT2D eigenvalue weighted by Gasteiger charge is -2.14. The first kappa shape index (κ1) is 16.0. The van der Waals surface area contributed by atoms with Crippen molar-refractivity contribution < 1.29 is 14.3 Å². The number of halogens is 1. The van der Waals surface area contributed by atoms with E-state index in [1.165, 1.54) is 14.2 Å². The van der Waals surface area contributed by atoms with Crippen LogP contribution in [0.5, 0.6) is 11.5 Å². The molecule has 2 aromatic rings. The molecule has 0 heterocycles. The quantitative estimate of drug-likeness (QED) is 0.882. The maximum Gasteiger partial charge on any atom is 0.323 e. The number of carbonyl (C=O) groups excluding carboxylic acids is 1. The summed E-state index contributed by atoms with van der Waals surface area (Å²) in [7, 11) is 3.01. The maximum absolute atomic E-state index is 12.1. The largest absolute Gasteiger partial charge is 0.495 e. The van der Waals surface area contributed by atoms with Crippen LogP contribution in [0.4, 0.5) is 16.2 Å². The summed E-state index contributed by atoms with van der Waals surface area (Å²) in [6.45, 7) is 1.95. The van der Waals surface area contributed by atoms with Gasteiger partial charge in [-0.2, -0.15) is 0 Å². The number of rotatable bonds is 4. The Morgan fingerprint density at radius 1 is 1.05 bits per heavy atom. The van der Waals surface area contributed by atoms with Crippen LogP contribution in [-0.4, -0.2) is 20.3 Å². The summed E-state index contributed by atoms with van der Waals surface area (Å²) in [5, 5.41) is 5.88. The highest BCUT2D eigenvalue weighted by atomic mass is 35.5. The zero-order valence-corrected chi connectivity index (χ0v) is 13.3. The van der Waals surface area contributed by atoms with Gasteiger partial charge in [0.25, 0.3) is 0 Å². The summed E-state index contributed by atoms with van der Waals surface area (Å²) in [6.07, 6.45) is 0. The van der Waals surface area contributed by atoms with Gasteiger partial charge in [0.05, 0.1) is 24.9 Å². The first-order chi connectivity index (χ1) is 10.5. The van der Waals surface area contributed by atoms with Crippen LogP contribution in [0.1, 0.15) is 5.56 Å². The molecule has 0 aliphatic heterocycles. The number of nitrogens with one attached hydrogen (secondary N) is 2. The van der Waals surface area contributed by atoms with Gasteiger partial charge in [-0.1, -0.05) is 23.7 Å². The minimum Gasteiger partial charge on any atom is -0.495 e. The molecule has 0 aliphatic rings. The fourth-order valence-electron chi connectivity index (χ4n) is 1.97. The van der Waals surface area contributed by atoms with E-state index in [2.05, 4.69) is 10.6 Å². The molecule has 0 unspecified atom stereocenters. The van der Waals surface area contributed by atoms with Crippen LogP contribution in [0.25, 0.3) is 0 Å². The summed E-state index contributed by atoms with van der Waals surface area (Å²) < 4.78 is 10.4. The molecule has 0 bridgehead atoms. The van der Waals surface area contributed by atoms with Gasteiger partial charge in [-0.25, -0.2) is 4.79 Å². The molecule has 22 heavy (non-hydrogen) atoms. The van der Waals surface area contributed by atoms with Crippen LogP contribution >= 0.6 is 11.6 Å². The minimum absolute atomic E-state index is 0.381. The number of anilines is 2. The van der Waals surface area contributed by atoms with Crippen molar-refractivity contribution in [3.05, 3.63) is 47.0 Å². The number of hydrogen-bond donors (Lipinski definition) is 2. The van der Waals surface area contributed by atoms with Crippen molar-refractivity contribution in [1.82, 2.24) is 0 Å². The highest BCUT2D eigenvalue weighted by molar-refractivity contribution is 6.32. The molecule has 0 saturated carbocycles. The normalized spacial score (nSPS) is 10.0. The predicted molar refractivity (Wildman–Crippen MR) is 88.4 cm³/mol. The Kier molecular flexibility index (Phi) is 5.12. The second-order valence-corrected chi connectivity index (χ2v) is 5.04. The maximum atomic E-state index is 12.1. The van der Waals surface area contributed by atoms with Crippen LogP contribution in [0.2, 0.25) is 5.02 Å². The Bertz CT molecular complexity index is 689. The average Bonchev–Trinajstić information content (AvgIpc) is 2.48. The minimum atomic E-state index is -0.381. The Balaban J connectivity index is 2.17. The van der Waals surface area contributed by atoms with Crippen molar-refractivity contribution in [3.63, 3.8) is 0 Å². The molecule has 0 aliphatic carbocycles. The van der Waals surface area contributed by atoms with Crippen molar-refractivity contribution in [2.75, 3.05) is 24.9 Å². The van der Waals surface area contributed by atoms with Crippen molar-refractivity contribution in [2.45, 2.75) is 6.92 Å². The van der Waals surface area contributed by atoms with Crippen molar-refractivity contribution in [1.29, 1.82) is 0 Å². The molecular formula is C16H17ClN2O3. The summed E-state index contributed by atoms with van der Waals surface area (Å²) >= 11 is 6.03. The summed E-state index contributed by atoms with van der Waals surface area (Å²) in [5.41, 5.74) is 2.23. The van der Waals surface area contributed by atoms with E-state index in [0.29, 0.717) is 27.9 Å². The average molecular weight is 321 g/mol. The van der Waals surface area contributed by atoms with E-state index in [9.17, 15) is 4.79 Å². The Morgan fingerprint density at radius 3 is 2.41 bits per heavy atom. The van der Waals surface area contributed by atoms with Gasteiger partial charge < -0.3 is 20.1 Å². The number of hydrogen-bond acceptors (Lipinski definition) is 3. The van der Waals surface area contributed by atoms with E-state index in [0.717, 1.165) is 5.56 Å². The monoisotopic (exact) mass is 320 g/mol. The third-order valence-corrected chi connectivity index (χ3v) is 3.29. The Morgan fingerprint density at radius 2 is 1.77 bits per heavy atom. The van der Waals surface area contributed by atoms with Crippen molar-refractivity contribution >= 4 is 29.0 Å². The topological polar surface area (TPSA) is 59.6 Å². The van der Waals surface area contributed by atoms with Gasteiger partial charge in [-0.05, 0) is 24.6 Å². The summed E-state index contributed by atoms with van der Waals surface area (Å²) in [4.78, 5) is 12.1. The zero-order chi connectivity index (χ0) is 16.1. The highest BCUT2D eigenvalue weighted by Gasteiger charge is 2.12. The van der Waals surface area contributed by atoms with Crippen molar-refractivity contribution in [2.24, 2.45) is 0 Å². The fourth-order valence-corrected chi connectivity index (χ4v) is 2.20. The molecule has 5 nitrogen and oxygen atoms in total. The van der Waals surface area contributed by atoms with Crippen LogP contribution in [-0.2, 0) is 0 Å². The number of aryl methyl sites for hydroxylation is 1. The van der Waals surface area contributed by atoms with E-state index in [1.807, 2.05) is 31.2 Å². The molecule has 0 aromatic heterocycles. The third-order valence-electron chi connectivity index (χ3n) is 3.00. The van der Waals surface area contributed by atoms with Crippen LogP contribution < -0.4 is 20.1 Å². The lowest BCUT2D eigenvalue weighted by atomic mass is 10.2. The lowest BCUT2D eigenvalue weighted by Crippen LogP contribution is -2.19. The molecule has 2 aromatic carbocycles. The molecule has 6 heteroatoms. The van der Waals surface area contributed by atoms with Gasteiger partial charge in [0, 0.05) is 17.8 Å². The first-order valence-electron chi connectivity index (χ1n) is 6.59. The second kappa shape index (κ2) is 7.04. The van der Waals surface area contributed by atoms with Gasteiger partial charge >= 0.3 is 6.03 Å². The van der Waals surface area contributed by atoms with E-state index < -0.39 is 0 Å². The van der Waals surface area contributed by atoms with Gasteiger partial charge in [-0.3, -0.25) is 0 Å². The van der Waals surface area contributed by atoms with Gasteiger partial charge in [0.1, 0.15) is 11.5 Å². The Labute approximate surface area is 134 Å². The van der Waals surface area contributed by atoms with Crippen molar-refractivity contribution in [3.8, 4) is 11.5 Å². The number of methoxy groups -OCH3 is 2. The van der Waals surface area contributed by atoms with Gasteiger partial charge in [0.2, 0.25) is 0 Å². The molecule has 2 N–H and O–H groups in total. The van der Waals surface area contributed by atoms with Crippen LogP contribution in [0.3, 0.4) is 0 Å². The van der Waals surface area contributed by atoms with Crippen LogP contribution in [0.15, 0.2) is 36.4 Å². The van der Waals surface area contributed by atoms with Gasteiger partial charge in [0.15, 0.2) is 0 Å². The Hall–Kier alpha value is -2.40.